The molecule has 0 radical (unpaired) electrons. The molecule has 40 heavy (non-hydrogen) atoms. The van der Waals surface area contributed by atoms with Crippen molar-refractivity contribution in [3.05, 3.63) is 61.4 Å². The second-order valence-corrected chi connectivity index (χ2v) is 11.4. The van der Waals surface area contributed by atoms with Crippen molar-refractivity contribution in [2.45, 2.75) is 78.0 Å². The van der Waals surface area contributed by atoms with Crippen LogP contribution in [0.3, 0.4) is 0 Å². The molecule has 0 spiro atoms. The SMILES string of the molecule is CC[C@@]1(O)C(=O)OCc2c1cc1n(c2=O)Cc2c-1nc1cc(F)c(Cl)c(F)c1c2CNC(=O)[C@@H](C)OC(C)(C)C. The molecular formula is C28H28ClF2N3O6. The summed E-state index contributed by atoms with van der Waals surface area (Å²) in [4.78, 5) is 43.3. The van der Waals surface area contributed by atoms with Gasteiger partial charge in [0.05, 0.1) is 34.6 Å². The van der Waals surface area contributed by atoms with Gasteiger partial charge in [-0.25, -0.2) is 18.6 Å². The van der Waals surface area contributed by atoms with E-state index in [-0.39, 0.29) is 65.1 Å². The molecule has 1 amide bonds. The Labute approximate surface area is 233 Å². The van der Waals surface area contributed by atoms with Crippen LogP contribution in [-0.4, -0.2) is 38.2 Å². The monoisotopic (exact) mass is 575 g/mol. The number of carbonyl (C=O) groups excluding carboxylic acids is 2. The number of aliphatic hydroxyl groups is 1. The van der Waals surface area contributed by atoms with Crippen LogP contribution >= 0.6 is 11.6 Å². The van der Waals surface area contributed by atoms with Crippen molar-refractivity contribution in [1.82, 2.24) is 14.9 Å². The number of hydrogen-bond donors (Lipinski definition) is 2. The molecule has 2 aromatic heterocycles. The molecule has 2 aliphatic rings. The molecule has 5 rings (SSSR count). The fourth-order valence-electron chi connectivity index (χ4n) is 5.33. The van der Waals surface area contributed by atoms with Gasteiger partial charge in [0.2, 0.25) is 5.91 Å². The van der Waals surface area contributed by atoms with Gasteiger partial charge in [0.25, 0.3) is 5.56 Å². The van der Waals surface area contributed by atoms with Gasteiger partial charge in [-0.2, -0.15) is 0 Å². The smallest absolute Gasteiger partial charge is 0.343 e. The van der Waals surface area contributed by atoms with Gasteiger partial charge in [0.1, 0.15) is 23.6 Å². The van der Waals surface area contributed by atoms with Crippen LogP contribution in [0.25, 0.3) is 22.3 Å². The predicted molar refractivity (Wildman–Crippen MR) is 142 cm³/mol. The summed E-state index contributed by atoms with van der Waals surface area (Å²) in [6.07, 6.45) is -0.872. The van der Waals surface area contributed by atoms with Gasteiger partial charge in [-0.1, -0.05) is 18.5 Å². The van der Waals surface area contributed by atoms with Crippen molar-refractivity contribution in [3.63, 3.8) is 0 Å². The predicted octanol–water partition coefficient (Wildman–Crippen LogP) is 3.83. The Morgan fingerprint density at radius 2 is 2.00 bits per heavy atom. The first kappa shape index (κ1) is 28.1. The van der Waals surface area contributed by atoms with Gasteiger partial charge in [0, 0.05) is 29.1 Å². The van der Waals surface area contributed by atoms with Gasteiger partial charge in [-0.3, -0.25) is 9.59 Å². The Bertz CT molecular complexity index is 1670. The van der Waals surface area contributed by atoms with Crippen molar-refractivity contribution < 1.29 is 33.0 Å². The number of halogens is 3. The highest BCUT2D eigenvalue weighted by Gasteiger charge is 2.45. The molecule has 0 bridgehead atoms. The molecule has 0 fully saturated rings. The number of carbonyl (C=O) groups is 2. The largest absolute Gasteiger partial charge is 0.458 e. The lowest BCUT2D eigenvalue weighted by Crippen LogP contribution is -2.44. The first-order chi connectivity index (χ1) is 18.7. The molecule has 212 valence electrons. The zero-order valence-corrected chi connectivity index (χ0v) is 23.3. The van der Waals surface area contributed by atoms with Crippen molar-refractivity contribution >= 4 is 34.4 Å². The van der Waals surface area contributed by atoms with E-state index in [0.29, 0.717) is 5.56 Å². The van der Waals surface area contributed by atoms with E-state index in [0.717, 1.165) is 6.07 Å². The first-order valence-electron chi connectivity index (χ1n) is 12.8. The summed E-state index contributed by atoms with van der Waals surface area (Å²) < 4.78 is 42.1. The maximum absolute atomic E-state index is 15.4. The number of pyridine rings is 2. The van der Waals surface area contributed by atoms with Gasteiger partial charge in [0.15, 0.2) is 11.4 Å². The third kappa shape index (κ3) is 4.36. The van der Waals surface area contributed by atoms with E-state index in [1.54, 1.807) is 34.6 Å². The number of hydrogen-bond acceptors (Lipinski definition) is 7. The average Bonchev–Trinajstić information content (AvgIpc) is 3.25. The van der Waals surface area contributed by atoms with Crippen molar-refractivity contribution in [3.8, 4) is 11.4 Å². The van der Waals surface area contributed by atoms with Crippen LogP contribution in [0.5, 0.6) is 0 Å². The molecule has 2 N–H and O–H groups in total. The minimum atomic E-state index is -2.03. The van der Waals surface area contributed by atoms with Crippen LogP contribution < -0.4 is 10.9 Å². The van der Waals surface area contributed by atoms with Crippen molar-refractivity contribution in [2.24, 2.45) is 0 Å². The summed E-state index contributed by atoms with van der Waals surface area (Å²) >= 11 is 5.91. The Balaban J connectivity index is 1.69. The zero-order chi connectivity index (χ0) is 29.3. The molecule has 2 aliphatic heterocycles. The molecule has 0 saturated carbocycles. The van der Waals surface area contributed by atoms with Crippen LogP contribution in [-0.2, 0) is 44.4 Å². The lowest BCUT2D eigenvalue weighted by Gasteiger charge is -2.31. The fourth-order valence-corrected chi connectivity index (χ4v) is 5.48. The summed E-state index contributed by atoms with van der Waals surface area (Å²) in [6, 6.07) is 2.48. The highest BCUT2D eigenvalue weighted by Crippen LogP contribution is 2.41. The molecular weight excluding hydrogens is 548 g/mol. The van der Waals surface area contributed by atoms with E-state index in [9.17, 15) is 23.9 Å². The summed E-state index contributed by atoms with van der Waals surface area (Å²) in [5, 5.41) is 13.0. The summed E-state index contributed by atoms with van der Waals surface area (Å²) in [5.74, 6) is -3.40. The zero-order valence-electron chi connectivity index (χ0n) is 22.6. The minimum absolute atomic E-state index is 0.0409. The van der Waals surface area contributed by atoms with Gasteiger partial charge >= 0.3 is 5.97 Å². The second kappa shape index (κ2) is 9.60. The minimum Gasteiger partial charge on any atom is -0.458 e. The van der Waals surface area contributed by atoms with E-state index in [2.05, 4.69) is 10.3 Å². The number of aromatic nitrogens is 2. The third-order valence-corrected chi connectivity index (χ3v) is 7.61. The van der Waals surface area contributed by atoms with Crippen LogP contribution in [0.2, 0.25) is 5.02 Å². The molecule has 12 heteroatoms. The van der Waals surface area contributed by atoms with E-state index in [1.807, 2.05) is 0 Å². The number of amides is 1. The van der Waals surface area contributed by atoms with E-state index in [1.165, 1.54) is 10.6 Å². The number of nitrogens with zero attached hydrogens (tertiary/aromatic N) is 2. The van der Waals surface area contributed by atoms with Gasteiger partial charge in [-0.05, 0) is 45.7 Å². The first-order valence-corrected chi connectivity index (χ1v) is 13.2. The number of benzene rings is 1. The molecule has 1 aromatic carbocycles. The van der Waals surface area contributed by atoms with Gasteiger partial charge in [-0.15, -0.1) is 0 Å². The number of esters is 1. The standard InChI is InChI=1S/C28H28ClF2N3O6/c1-6-28(38)16-7-19-23-14(10-34(19)25(36)15(16)11-39-26(28)37)13(9-32-24(35)12(2)40-27(3,4)5)20-18(33-23)8-17(30)21(29)22(20)31/h7-8,12,38H,6,9-11H2,1-5H3,(H,32,35)/t12-,28+/m1/s1. The molecule has 2 atom stereocenters. The maximum atomic E-state index is 15.4. The Kier molecular flexibility index (Phi) is 6.75. The highest BCUT2D eigenvalue weighted by atomic mass is 35.5. The number of ether oxygens (including phenoxy) is 2. The molecule has 0 unspecified atom stereocenters. The Morgan fingerprint density at radius 3 is 2.65 bits per heavy atom. The van der Waals surface area contributed by atoms with Crippen molar-refractivity contribution in [1.29, 1.82) is 0 Å². The summed E-state index contributed by atoms with van der Waals surface area (Å²) in [5.41, 5.74) is -1.84. The fraction of sp³-hybridized carbons (Fsp3) is 0.429. The quantitative estimate of drug-likeness (QED) is 0.274. The third-order valence-electron chi connectivity index (χ3n) is 7.27. The van der Waals surface area contributed by atoms with E-state index in [4.69, 9.17) is 21.1 Å². The Morgan fingerprint density at radius 1 is 1.30 bits per heavy atom. The van der Waals surface area contributed by atoms with Gasteiger partial charge < -0.3 is 24.5 Å². The molecule has 4 heterocycles. The average molecular weight is 576 g/mol. The number of fused-ring (bicyclic) bond motifs is 5. The van der Waals surface area contributed by atoms with E-state index < -0.39 is 51.4 Å². The molecule has 3 aromatic rings. The number of nitrogens with one attached hydrogen (secondary N) is 1. The van der Waals surface area contributed by atoms with E-state index >= 15 is 4.39 Å². The maximum Gasteiger partial charge on any atom is 0.343 e. The van der Waals surface area contributed by atoms with Crippen LogP contribution in [0.4, 0.5) is 8.78 Å². The summed E-state index contributed by atoms with van der Waals surface area (Å²) in [7, 11) is 0. The number of cyclic esters (lactones) is 1. The molecule has 9 nitrogen and oxygen atoms in total. The molecule has 0 saturated heterocycles. The lowest BCUT2D eigenvalue weighted by atomic mass is 9.86. The van der Waals surface area contributed by atoms with Crippen LogP contribution in [0.15, 0.2) is 16.9 Å². The lowest BCUT2D eigenvalue weighted by molar-refractivity contribution is -0.172. The second-order valence-electron chi connectivity index (χ2n) is 11.0. The highest BCUT2D eigenvalue weighted by molar-refractivity contribution is 6.31. The number of rotatable bonds is 5. The van der Waals surface area contributed by atoms with Crippen LogP contribution in [0, 0.1) is 11.6 Å². The topological polar surface area (TPSA) is 120 Å². The van der Waals surface area contributed by atoms with Crippen molar-refractivity contribution in [2.75, 3.05) is 0 Å². The summed E-state index contributed by atoms with van der Waals surface area (Å²) in [6.45, 7) is 8.02. The normalized spacial score (nSPS) is 18.7. The van der Waals surface area contributed by atoms with Crippen LogP contribution in [0.1, 0.15) is 63.3 Å². The molecule has 0 aliphatic carbocycles. The Hall–Kier alpha value is -3.41.